The Morgan fingerprint density at radius 1 is 1.40 bits per heavy atom. The number of rotatable bonds is 6. The Morgan fingerprint density at radius 2 is 2.32 bits per heavy atom. The normalized spacial score (nSPS) is 18.1. The number of hydrogen-bond donors (Lipinski definition) is 0. The molecule has 1 aliphatic rings. The van der Waals surface area contributed by atoms with Crippen molar-refractivity contribution in [1.29, 1.82) is 0 Å². The summed E-state index contributed by atoms with van der Waals surface area (Å²) in [5.74, 6) is 0.466. The summed E-state index contributed by atoms with van der Waals surface area (Å²) in [6, 6.07) is 3.90. The minimum Gasteiger partial charge on any atom is -0.379 e. The van der Waals surface area contributed by atoms with Crippen molar-refractivity contribution in [2.24, 2.45) is 5.92 Å². The predicted molar refractivity (Wildman–Crippen MR) is 92.8 cm³/mol. The molecule has 7 nitrogen and oxygen atoms in total. The van der Waals surface area contributed by atoms with Crippen molar-refractivity contribution in [3.63, 3.8) is 0 Å². The van der Waals surface area contributed by atoms with Gasteiger partial charge in [0, 0.05) is 55.8 Å². The molecule has 25 heavy (non-hydrogen) atoms. The Balaban J connectivity index is 1.51. The van der Waals surface area contributed by atoms with Crippen LogP contribution in [0.15, 0.2) is 30.9 Å². The van der Waals surface area contributed by atoms with Gasteiger partial charge < -0.3 is 9.64 Å². The highest BCUT2D eigenvalue weighted by Gasteiger charge is 2.22. The van der Waals surface area contributed by atoms with Gasteiger partial charge in [-0.05, 0) is 31.9 Å². The zero-order chi connectivity index (χ0) is 17.5. The highest BCUT2D eigenvalue weighted by molar-refractivity contribution is 5.76. The molecule has 3 rings (SSSR count). The molecular weight excluding hydrogens is 318 g/mol. The molecule has 0 saturated carbocycles. The molecule has 1 aliphatic heterocycles. The van der Waals surface area contributed by atoms with E-state index < -0.39 is 0 Å². The maximum Gasteiger partial charge on any atom is 0.222 e. The fourth-order valence-electron chi connectivity index (χ4n) is 3.13. The first-order valence-electron chi connectivity index (χ1n) is 8.81. The van der Waals surface area contributed by atoms with Crippen LogP contribution in [-0.4, -0.2) is 56.9 Å². The average molecular weight is 343 g/mol. The molecule has 134 valence electrons. The second kappa shape index (κ2) is 8.71. The predicted octanol–water partition coefficient (Wildman–Crippen LogP) is 1.48. The van der Waals surface area contributed by atoms with Crippen LogP contribution in [0.25, 0.3) is 0 Å². The molecule has 0 bridgehead atoms. The molecule has 0 unspecified atom stereocenters. The van der Waals surface area contributed by atoms with Crippen LogP contribution in [0, 0.1) is 12.8 Å². The quantitative estimate of drug-likeness (QED) is 0.794. The topological polar surface area (TPSA) is 73.1 Å². The standard InChI is InChI=1S/C18H25N5O2/c1-15-10-17(20-14-19-15)11-16-12-22(8-9-25-13-16)18(24)4-2-6-23-7-3-5-21-23/h3,5,7,10,14,16H,2,4,6,8-9,11-13H2,1H3/t16-/m1/s1. The second-order valence-corrected chi connectivity index (χ2v) is 6.51. The zero-order valence-corrected chi connectivity index (χ0v) is 14.7. The molecule has 3 heterocycles. The molecule has 0 spiro atoms. The first-order valence-corrected chi connectivity index (χ1v) is 8.81. The summed E-state index contributed by atoms with van der Waals surface area (Å²) in [6.07, 6.45) is 7.42. The van der Waals surface area contributed by atoms with E-state index in [0.717, 1.165) is 37.3 Å². The van der Waals surface area contributed by atoms with Gasteiger partial charge in [-0.1, -0.05) is 0 Å². The Morgan fingerprint density at radius 3 is 3.12 bits per heavy atom. The van der Waals surface area contributed by atoms with E-state index in [2.05, 4.69) is 15.1 Å². The molecule has 2 aromatic heterocycles. The minimum absolute atomic E-state index is 0.196. The van der Waals surface area contributed by atoms with E-state index in [-0.39, 0.29) is 11.8 Å². The highest BCUT2D eigenvalue weighted by atomic mass is 16.5. The summed E-state index contributed by atoms with van der Waals surface area (Å²) >= 11 is 0. The molecule has 1 amide bonds. The first kappa shape index (κ1) is 17.5. The molecule has 0 aromatic carbocycles. The maximum absolute atomic E-state index is 12.5. The summed E-state index contributed by atoms with van der Waals surface area (Å²) in [5.41, 5.74) is 1.97. The fraction of sp³-hybridized carbons (Fsp3) is 0.556. The van der Waals surface area contributed by atoms with Gasteiger partial charge in [-0.15, -0.1) is 0 Å². The molecule has 1 atom stereocenters. The van der Waals surface area contributed by atoms with Crippen molar-refractivity contribution >= 4 is 5.91 Å². The van der Waals surface area contributed by atoms with Crippen molar-refractivity contribution in [3.05, 3.63) is 42.2 Å². The molecule has 1 saturated heterocycles. The van der Waals surface area contributed by atoms with Crippen LogP contribution >= 0.6 is 0 Å². The van der Waals surface area contributed by atoms with Gasteiger partial charge in [0.1, 0.15) is 6.33 Å². The van der Waals surface area contributed by atoms with Crippen LogP contribution < -0.4 is 0 Å². The summed E-state index contributed by atoms with van der Waals surface area (Å²) < 4.78 is 7.56. The van der Waals surface area contributed by atoms with Gasteiger partial charge in [0.15, 0.2) is 0 Å². The Kier molecular flexibility index (Phi) is 6.11. The lowest BCUT2D eigenvalue weighted by Gasteiger charge is -2.23. The Labute approximate surface area is 148 Å². The lowest BCUT2D eigenvalue weighted by molar-refractivity contribution is -0.131. The summed E-state index contributed by atoms with van der Waals surface area (Å²) in [6.45, 7) is 5.39. The molecule has 2 aromatic rings. The van der Waals surface area contributed by atoms with Gasteiger partial charge in [-0.25, -0.2) is 9.97 Å². The van der Waals surface area contributed by atoms with Gasteiger partial charge in [0.2, 0.25) is 5.91 Å². The molecule has 7 heteroatoms. The second-order valence-electron chi connectivity index (χ2n) is 6.51. The van der Waals surface area contributed by atoms with E-state index >= 15 is 0 Å². The fourth-order valence-corrected chi connectivity index (χ4v) is 3.13. The third kappa shape index (κ3) is 5.35. The van der Waals surface area contributed by atoms with E-state index in [4.69, 9.17) is 4.74 Å². The minimum atomic E-state index is 0.196. The van der Waals surface area contributed by atoms with Gasteiger partial charge in [0.25, 0.3) is 0 Å². The van der Waals surface area contributed by atoms with Crippen LogP contribution in [-0.2, 0) is 22.5 Å². The molecule has 1 fully saturated rings. The maximum atomic E-state index is 12.5. The van der Waals surface area contributed by atoms with Crippen molar-refractivity contribution in [1.82, 2.24) is 24.6 Å². The Bertz CT molecular complexity index is 674. The number of amides is 1. The van der Waals surface area contributed by atoms with E-state index in [1.807, 2.05) is 34.8 Å². The number of carbonyl (C=O) groups excluding carboxylic acids is 1. The molecule has 0 aliphatic carbocycles. The number of carbonyl (C=O) groups is 1. The summed E-state index contributed by atoms with van der Waals surface area (Å²) in [4.78, 5) is 23.0. The van der Waals surface area contributed by atoms with Gasteiger partial charge in [-0.3, -0.25) is 9.48 Å². The highest BCUT2D eigenvalue weighted by Crippen LogP contribution is 2.14. The molecule has 0 N–H and O–H groups in total. The first-order chi connectivity index (χ1) is 12.2. The number of hydrogen-bond acceptors (Lipinski definition) is 5. The van der Waals surface area contributed by atoms with Crippen LogP contribution in [0.4, 0.5) is 0 Å². The van der Waals surface area contributed by atoms with Crippen molar-refractivity contribution in [2.45, 2.75) is 32.7 Å². The summed E-state index contributed by atoms with van der Waals surface area (Å²) in [5, 5.41) is 4.17. The monoisotopic (exact) mass is 343 g/mol. The van der Waals surface area contributed by atoms with Crippen LogP contribution in [0.1, 0.15) is 24.2 Å². The van der Waals surface area contributed by atoms with E-state index in [0.29, 0.717) is 26.2 Å². The van der Waals surface area contributed by atoms with Crippen LogP contribution in [0.3, 0.4) is 0 Å². The molecule has 0 radical (unpaired) electrons. The molecular formula is C18H25N5O2. The van der Waals surface area contributed by atoms with Gasteiger partial charge in [0.05, 0.1) is 13.2 Å². The third-order valence-corrected chi connectivity index (χ3v) is 4.39. The van der Waals surface area contributed by atoms with E-state index in [9.17, 15) is 4.79 Å². The van der Waals surface area contributed by atoms with Crippen molar-refractivity contribution < 1.29 is 9.53 Å². The zero-order valence-electron chi connectivity index (χ0n) is 14.7. The number of aromatic nitrogens is 4. The number of nitrogens with zero attached hydrogens (tertiary/aromatic N) is 5. The smallest absolute Gasteiger partial charge is 0.222 e. The van der Waals surface area contributed by atoms with Crippen molar-refractivity contribution in [2.75, 3.05) is 26.3 Å². The van der Waals surface area contributed by atoms with Crippen LogP contribution in [0.2, 0.25) is 0 Å². The number of aryl methyl sites for hydroxylation is 2. The van der Waals surface area contributed by atoms with E-state index in [1.165, 1.54) is 0 Å². The van der Waals surface area contributed by atoms with Gasteiger partial charge in [-0.2, -0.15) is 5.10 Å². The largest absolute Gasteiger partial charge is 0.379 e. The average Bonchev–Trinajstić information content (AvgIpc) is 3.00. The SMILES string of the molecule is Cc1cc(C[C@H]2COCCN(C(=O)CCCn3cccn3)C2)ncn1. The summed E-state index contributed by atoms with van der Waals surface area (Å²) in [7, 11) is 0. The lowest BCUT2D eigenvalue weighted by atomic mass is 10.0. The van der Waals surface area contributed by atoms with E-state index in [1.54, 1.807) is 12.5 Å². The third-order valence-electron chi connectivity index (χ3n) is 4.39. The van der Waals surface area contributed by atoms with Crippen molar-refractivity contribution in [3.8, 4) is 0 Å². The number of ether oxygens (including phenoxy) is 1. The lowest BCUT2D eigenvalue weighted by Crippen LogP contribution is -2.36. The van der Waals surface area contributed by atoms with Crippen LogP contribution in [0.5, 0.6) is 0 Å². The Hall–Kier alpha value is -2.28. The van der Waals surface area contributed by atoms with Gasteiger partial charge >= 0.3 is 0 Å².